The summed E-state index contributed by atoms with van der Waals surface area (Å²) in [6, 6.07) is 6.58. The van der Waals surface area contributed by atoms with E-state index < -0.39 is 16.9 Å². The Morgan fingerprint density at radius 2 is 2.03 bits per heavy atom. The van der Waals surface area contributed by atoms with E-state index in [4.69, 9.17) is 4.74 Å². The quantitative estimate of drug-likeness (QED) is 0.646. The summed E-state index contributed by atoms with van der Waals surface area (Å²) >= 11 is 0. The van der Waals surface area contributed by atoms with Crippen LogP contribution in [0.4, 0.5) is 4.39 Å². The fraction of sp³-hybridized carbons (Fsp3) is 0.381. The van der Waals surface area contributed by atoms with Crippen LogP contribution >= 0.6 is 0 Å². The van der Waals surface area contributed by atoms with E-state index in [2.05, 4.69) is 20.3 Å². The number of ether oxygens (including phenoxy) is 1. The average molecular weight is 411 g/mol. The summed E-state index contributed by atoms with van der Waals surface area (Å²) in [5.41, 5.74) is 1.28. The molecule has 30 heavy (non-hydrogen) atoms. The molecule has 1 aliphatic rings. The van der Waals surface area contributed by atoms with Gasteiger partial charge in [-0.2, -0.15) is 5.10 Å². The molecule has 0 fully saturated rings. The van der Waals surface area contributed by atoms with E-state index in [0.717, 1.165) is 30.5 Å². The van der Waals surface area contributed by atoms with Crippen LogP contribution in [-0.2, 0) is 34.3 Å². The molecule has 1 aromatic carbocycles. The lowest BCUT2D eigenvalue weighted by Gasteiger charge is -2.18. The highest BCUT2D eigenvalue weighted by atomic mass is 19.1. The number of fused-ring (bicyclic) bond motifs is 1. The second-order valence-electron chi connectivity index (χ2n) is 7.84. The third-order valence-corrected chi connectivity index (χ3v) is 5.49. The number of halogens is 1. The molecule has 1 N–H and O–H groups in total. The molecule has 2 aromatic heterocycles. The van der Waals surface area contributed by atoms with Crippen LogP contribution in [0.3, 0.4) is 0 Å². The zero-order valence-corrected chi connectivity index (χ0v) is 17.0. The molecular weight excluding hydrogens is 389 g/mol. The number of nitrogens with one attached hydrogen (secondary N) is 1. The van der Waals surface area contributed by atoms with Crippen molar-refractivity contribution < 1.29 is 13.9 Å². The molecule has 0 spiro atoms. The topological polar surface area (TPSA) is 103 Å². The normalized spacial score (nSPS) is 13.3. The second-order valence-corrected chi connectivity index (χ2v) is 7.84. The Bertz CT molecular complexity index is 1180. The first kappa shape index (κ1) is 19.9. The maximum absolute atomic E-state index is 14.1. The molecule has 2 heterocycles. The molecular formula is C21H22FN5O3. The Morgan fingerprint density at radius 3 is 2.73 bits per heavy atom. The smallest absolute Gasteiger partial charge is 0.317 e. The summed E-state index contributed by atoms with van der Waals surface area (Å²) in [7, 11) is 1.26. The third-order valence-electron chi connectivity index (χ3n) is 5.49. The van der Waals surface area contributed by atoms with Crippen molar-refractivity contribution in [2.75, 3.05) is 7.11 Å². The van der Waals surface area contributed by atoms with E-state index in [9.17, 15) is 14.0 Å². The number of aromatic amines is 1. The number of esters is 1. The van der Waals surface area contributed by atoms with Crippen molar-refractivity contribution in [3.8, 4) is 11.5 Å². The summed E-state index contributed by atoms with van der Waals surface area (Å²) in [4.78, 5) is 27.4. The maximum Gasteiger partial charge on any atom is 0.317 e. The fourth-order valence-corrected chi connectivity index (χ4v) is 3.82. The van der Waals surface area contributed by atoms with Crippen LogP contribution in [0.1, 0.15) is 42.8 Å². The highest BCUT2D eigenvalue weighted by Crippen LogP contribution is 2.31. The van der Waals surface area contributed by atoms with Gasteiger partial charge in [-0.25, -0.2) is 4.39 Å². The number of aromatic nitrogens is 5. The van der Waals surface area contributed by atoms with Crippen LogP contribution in [-0.4, -0.2) is 38.0 Å². The van der Waals surface area contributed by atoms with Gasteiger partial charge in [0.05, 0.1) is 13.7 Å². The SMILES string of the molecule is COC(=O)C(C)(C)c1nnc(-c2nn(Cc3ccccc3F)c3c2CCC3)[nH]c1=O. The lowest BCUT2D eigenvalue weighted by atomic mass is 9.90. The summed E-state index contributed by atoms with van der Waals surface area (Å²) in [5.74, 6) is -0.635. The van der Waals surface area contributed by atoms with Gasteiger partial charge in [-0.3, -0.25) is 14.3 Å². The van der Waals surface area contributed by atoms with Crippen molar-refractivity contribution >= 4 is 5.97 Å². The van der Waals surface area contributed by atoms with Crippen molar-refractivity contribution in [3.05, 3.63) is 63.0 Å². The molecule has 8 nitrogen and oxygen atoms in total. The van der Waals surface area contributed by atoms with Crippen molar-refractivity contribution in [1.29, 1.82) is 0 Å². The van der Waals surface area contributed by atoms with Gasteiger partial charge in [0.2, 0.25) is 0 Å². The van der Waals surface area contributed by atoms with Gasteiger partial charge in [0.15, 0.2) is 5.82 Å². The minimum Gasteiger partial charge on any atom is -0.468 e. The molecule has 9 heteroatoms. The van der Waals surface area contributed by atoms with Crippen LogP contribution in [0.2, 0.25) is 0 Å². The molecule has 3 aromatic rings. The van der Waals surface area contributed by atoms with E-state index in [0.29, 0.717) is 17.8 Å². The lowest BCUT2D eigenvalue weighted by Crippen LogP contribution is -2.38. The largest absolute Gasteiger partial charge is 0.468 e. The van der Waals surface area contributed by atoms with E-state index in [-0.39, 0.29) is 17.3 Å². The van der Waals surface area contributed by atoms with E-state index in [1.807, 2.05) is 0 Å². The molecule has 1 aliphatic carbocycles. The van der Waals surface area contributed by atoms with Crippen molar-refractivity contribution in [1.82, 2.24) is 25.0 Å². The Balaban J connectivity index is 1.74. The van der Waals surface area contributed by atoms with Crippen molar-refractivity contribution in [3.63, 3.8) is 0 Å². The fourth-order valence-electron chi connectivity index (χ4n) is 3.82. The summed E-state index contributed by atoms with van der Waals surface area (Å²) < 4.78 is 20.6. The highest BCUT2D eigenvalue weighted by molar-refractivity contribution is 5.81. The van der Waals surface area contributed by atoms with Crippen LogP contribution in [0.15, 0.2) is 29.1 Å². The van der Waals surface area contributed by atoms with Crippen LogP contribution < -0.4 is 5.56 Å². The zero-order valence-electron chi connectivity index (χ0n) is 17.0. The van der Waals surface area contributed by atoms with Gasteiger partial charge in [-0.1, -0.05) is 18.2 Å². The molecule has 0 saturated carbocycles. The molecule has 0 unspecified atom stereocenters. The number of rotatable bonds is 5. The maximum atomic E-state index is 14.1. The molecule has 0 radical (unpaired) electrons. The molecule has 0 saturated heterocycles. The molecule has 0 aliphatic heterocycles. The Hall–Kier alpha value is -3.36. The summed E-state index contributed by atoms with van der Waals surface area (Å²) in [5, 5.41) is 12.8. The van der Waals surface area contributed by atoms with Gasteiger partial charge in [-0.05, 0) is 39.2 Å². The van der Waals surface area contributed by atoms with Crippen LogP contribution in [0.25, 0.3) is 11.5 Å². The molecule has 4 rings (SSSR count). The number of methoxy groups -OCH3 is 1. The highest BCUT2D eigenvalue weighted by Gasteiger charge is 2.36. The van der Waals surface area contributed by atoms with Gasteiger partial charge in [0, 0.05) is 16.8 Å². The standard InChI is InChI=1S/C21H22FN5O3/c1-21(2,20(29)30-3)17-19(28)23-18(25-24-17)16-13-8-6-10-15(13)27(26-16)11-12-7-4-5-9-14(12)22/h4-5,7,9H,6,8,10-11H2,1-3H3,(H,23,25,28). The summed E-state index contributed by atoms with van der Waals surface area (Å²) in [6.07, 6.45) is 2.56. The average Bonchev–Trinajstić information content (AvgIpc) is 3.32. The van der Waals surface area contributed by atoms with Crippen molar-refractivity contribution in [2.24, 2.45) is 0 Å². The number of carbonyl (C=O) groups excluding carboxylic acids is 1. The number of hydrogen-bond donors (Lipinski definition) is 1. The first-order valence-electron chi connectivity index (χ1n) is 9.71. The van der Waals surface area contributed by atoms with E-state index in [1.165, 1.54) is 13.2 Å². The molecule has 156 valence electrons. The monoisotopic (exact) mass is 411 g/mol. The van der Waals surface area contributed by atoms with Gasteiger partial charge in [0.1, 0.15) is 22.6 Å². The number of benzene rings is 1. The second kappa shape index (κ2) is 7.47. The van der Waals surface area contributed by atoms with Gasteiger partial charge < -0.3 is 9.72 Å². The van der Waals surface area contributed by atoms with Crippen LogP contribution in [0.5, 0.6) is 0 Å². The van der Waals surface area contributed by atoms with Gasteiger partial charge >= 0.3 is 5.97 Å². The predicted octanol–water partition coefficient (Wildman–Crippen LogP) is 2.16. The van der Waals surface area contributed by atoms with E-state index in [1.54, 1.807) is 36.7 Å². The van der Waals surface area contributed by atoms with Crippen molar-refractivity contribution in [2.45, 2.75) is 45.1 Å². The number of nitrogens with zero attached hydrogens (tertiary/aromatic N) is 4. The minimum atomic E-state index is -1.24. The Kier molecular flexibility index (Phi) is 4.97. The lowest BCUT2D eigenvalue weighted by molar-refractivity contribution is -0.146. The van der Waals surface area contributed by atoms with Crippen LogP contribution in [0, 0.1) is 5.82 Å². The Labute approximate surface area is 172 Å². The minimum absolute atomic E-state index is 0.0273. The summed E-state index contributed by atoms with van der Waals surface area (Å²) in [6.45, 7) is 3.40. The Morgan fingerprint density at radius 1 is 1.27 bits per heavy atom. The molecule has 0 bridgehead atoms. The predicted molar refractivity (Wildman–Crippen MR) is 106 cm³/mol. The molecule has 0 atom stereocenters. The van der Waals surface area contributed by atoms with E-state index >= 15 is 0 Å². The van der Waals surface area contributed by atoms with Gasteiger partial charge in [-0.15, -0.1) is 10.2 Å². The number of hydrogen-bond acceptors (Lipinski definition) is 6. The number of carbonyl (C=O) groups is 1. The number of H-pyrrole nitrogens is 1. The first-order chi connectivity index (χ1) is 14.3. The first-order valence-corrected chi connectivity index (χ1v) is 9.71. The zero-order chi connectivity index (χ0) is 21.5. The van der Waals surface area contributed by atoms with Gasteiger partial charge in [0.25, 0.3) is 5.56 Å². The molecule has 0 amide bonds. The third kappa shape index (κ3) is 3.30.